The molecule has 1 aromatic carbocycles. The van der Waals surface area contributed by atoms with E-state index in [1.165, 1.54) is 25.1 Å². The molecule has 1 rings (SSSR count). The smallest absolute Gasteiger partial charge is 0.274 e. The van der Waals surface area contributed by atoms with Gasteiger partial charge in [-0.15, -0.1) is 0 Å². The first-order valence-electron chi connectivity index (χ1n) is 5.42. The highest BCUT2D eigenvalue weighted by Crippen LogP contribution is 2.17. The van der Waals surface area contributed by atoms with E-state index in [0.29, 0.717) is 5.56 Å². The maximum absolute atomic E-state index is 11.6. The molecule has 0 bridgehead atoms. The van der Waals surface area contributed by atoms with E-state index >= 15 is 0 Å². The van der Waals surface area contributed by atoms with Gasteiger partial charge in [-0.3, -0.25) is 14.9 Å². The van der Waals surface area contributed by atoms with Crippen molar-refractivity contribution in [1.82, 2.24) is 5.32 Å². The lowest BCUT2D eigenvalue weighted by atomic mass is 10.2. The Morgan fingerprint density at radius 2 is 2.00 bits per heavy atom. The second-order valence-corrected chi connectivity index (χ2v) is 6.44. The maximum atomic E-state index is 11.6. The summed E-state index contributed by atoms with van der Waals surface area (Å²) >= 11 is 0. The number of nitro benzene ring substituents is 1. The second-order valence-electron chi connectivity index (χ2n) is 4.08. The fourth-order valence-electron chi connectivity index (χ4n) is 1.36. The number of benzene rings is 1. The third-order valence-electron chi connectivity index (χ3n) is 2.65. The molecule has 7 nitrogen and oxygen atoms in total. The Balaban J connectivity index is 2.78. The van der Waals surface area contributed by atoms with Crippen LogP contribution < -0.4 is 5.32 Å². The van der Waals surface area contributed by atoms with Gasteiger partial charge in [0.1, 0.15) is 5.25 Å². The monoisotopic (exact) mass is 286 g/mol. The number of carbonyl (C=O) groups excluding carboxylic acids is 1. The van der Waals surface area contributed by atoms with Crippen molar-refractivity contribution in [2.45, 2.75) is 18.7 Å². The molecular formula is C11H14N2O5S. The molecule has 0 aliphatic rings. The fourth-order valence-corrected chi connectivity index (χ4v) is 1.83. The molecule has 1 amide bonds. The van der Waals surface area contributed by atoms with E-state index in [4.69, 9.17) is 0 Å². The summed E-state index contributed by atoms with van der Waals surface area (Å²) in [6.07, 6.45) is 0.961. The molecule has 19 heavy (non-hydrogen) atoms. The van der Waals surface area contributed by atoms with Crippen LogP contribution in [0.1, 0.15) is 12.5 Å². The van der Waals surface area contributed by atoms with Crippen molar-refractivity contribution in [1.29, 1.82) is 0 Å². The van der Waals surface area contributed by atoms with Gasteiger partial charge in [-0.25, -0.2) is 8.42 Å². The molecule has 0 spiro atoms. The van der Waals surface area contributed by atoms with Crippen LogP contribution in [0.25, 0.3) is 0 Å². The fraction of sp³-hybridized carbons (Fsp3) is 0.364. The highest BCUT2D eigenvalue weighted by atomic mass is 32.2. The summed E-state index contributed by atoms with van der Waals surface area (Å²) in [4.78, 5) is 21.8. The summed E-state index contributed by atoms with van der Waals surface area (Å²) in [5.74, 6) is -0.680. The molecule has 0 aromatic heterocycles. The molecule has 1 aromatic rings. The minimum Gasteiger partial charge on any atom is -0.351 e. The van der Waals surface area contributed by atoms with Crippen LogP contribution in [-0.4, -0.2) is 30.8 Å². The van der Waals surface area contributed by atoms with Crippen molar-refractivity contribution >= 4 is 21.4 Å². The highest BCUT2D eigenvalue weighted by molar-refractivity contribution is 7.92. The molecule has 1 unspecified atom stereocenters. The SMILES string of the molecule is CC(C(=O)NCc1ccccc1[N+](=O)[O-])S(C)(=O)=O. The van der Waals surface area contributed by atoms with Crippen molar-refractivity contribution in [3.05, 3.63) is 39.9 Å². The first-order valence-corrected chi connectivity index (χ1v) is 7.38. The number of para-hydroxylation sites is 1. The maximum Gasteiger partial charge on any atom is 0.274 e. The number of hydrogen-bond donors (Lipinski definition) is 1. The van der Waals surface area contributed by atoms with E-state index in [1.807, 2.05) is 0 Å². The van der Waals surface area contributed by atoms with Gasteiger partial charge in [-0.2, -0.15) is 0 Å². The molecule has 0 fully saturated rings. The zero-order valence-electron chi connectivity index (χ0n) is 10.5. The van der Waals surface area contributed by atoms with E-state index in [2.05, 4.69) is 5.32 Å². The Morgan fingerprint density at radius 1 is 1.42 bits per heavy atom. The van der Waals surface area contributed by atoms with Crippen LogP contribution in [0.4, 0.5) is 5.69 Å². The van der Waals surface area contributed by atoms with Crippen molar-refractivity contribution in [2.24, 2.45) is 0 Å². The summed E-state index contributed by atoms with van der Waals surface area (Å²) in [5.41, 5.74) is 0.205. The van der Waals surface area contributed by atoms with Gasteiger partial charge in [0.25, 0.3) is 5.69 Å². The van der Waals surface area contributed by atoms with Gasteiger partial charge >= 0.3 is 0 Å². The van der Waals surface area contributed by atoms with E-state index in [-0.39, 0.29) is 12.2 Å². The normalized spacial score (nSPS) is 12.7. The molecule has 1 N–H and O–H groups in total. The minimum absolute atomic E-state index is 0.0875. The first-order chi connectivity index (χ1) is 8.73. The number of rotatable bonds is 5. The van der Waals surface area contributed by atoms with E-state index in [0.717, 1.165) is 6.26 Å². The number of hydrogen-bond acceptors (Lipinski definition) is 5. The van der Waals surface area contributed by atoms with Crippen LogP contribution in [0.3, 0.4) is 0 Å². The largest absolute Gasteiger partial charge is 0.351 e. The van der Waals surface area contributed by atoms with Gasteiger partial charge in [-0.05, 0) is 6.92 Å². The summed E-state index contributed by atoms with van der Waals surface area (Å²) in [6, 6.07) is 5.95. The Labute approximate surface area is 110 Å². The lowest BCUT2D eigenvalue weighted by Gasteiger charge is -2.10. The number of sulfone groups is 1. The van der Waals surface area contributed by atoms with Crippen molar-refractivity contribution in [3.8, 4) is 0 Å². The molecule has 0 aliphatic carbocycles. The Hall–Kier alpha value is -1.96. The van der Waals surface area contributed by atoms with Gasteiger partial charge in [0.05, 0.1) is 4.92 Å². The third kappa shape index (κ3) is 4.02. The molecule has 0 saturated heterocycles. The van der Waals surface area contributed by atoms with Crippen molar-refractivity contribution in [3.63, 3.8) is 0 Å². The minimum atomic E-state index is -3.48. The van der Waals surface area contributed by atoms with Crippen LogP contribution in [0.2, 0.25) is 0 Å². The van der Waals surface area contributed by atoms with Crippen LogP contribution in [-0.2, 0) is 21.2 Å². The topological polar surface area (TPSA) is 106 Å². The van der Waals surface area contributed by atoms with E-state index in [9.17, 15) is 23.3 Å². The Bertz CT molecular complexity index is 597. The average molecular weight is 286 g/mol. The number of carbonyl (C=O) groups is 1. The predicted octanol–water partition coefficient (Wildman–Crippen LogP) is 0.644. The molecule has 104 valence electrons. The van der Waals surface area contributed by atoms with E-state index < -0.39 is 25.9 Å². The van der Waals surface area contributed by atoms with Crippen LogP contribution in [0.5, 0.6) is 0 Å². The first kappa shape index (κ1) is 15.1. The standard InChI is InChI=1S/C11H14N2O5S/c1-8(19(2,17)18)11(14)12-7-9-5-3-4-6-10(9)13(15)16/h3-6,8H,7H2,1-2H3,(H,12,14). The van der Waals surface area contributed by atoms with Crippen LogP contribution in [0, 0.1) is 10.1 Å². The summed E-state index contributed by atoms with van der Waals surface area (Å²) in [6.45, 7) is 1.18. The van der Waals surface area contributed by atoms with Gasteiger partial charge in [0.15, 0.2) is 9.84 Å². The van der Waals surface area contributed by atoms with Crippen LogP contribution in [0.15, 0.2) is 24.3 Å². The van der Waals surface area contributed by atoms with Gasteiger partial charge in [0, 0.05) is 24.4 Å². The van der Waals surface area contributed by atoms with Gasteiger partial charge in [-0.1, -0.05) is 18.2 Å². The molecule has 1 atom stereocenters. The van der Waals surface area contributed by atoms with Gasteiger partial charge < -0.3 is 5.32 Å². The zero-order valence-corrected chi connectivity index (χ0v) is 11.3. The van der Waals surface area contributed by atoms with E-state index in [1.54, 1.807) is 6.07 Å². The summed E-state index contributed by atoms with van der Waals surface area (Å²) in [7, 11) is -3.48. The molecule has 0 aliphatic heterocycles. The average Bonchev–Trinajstić information content (AvgIpc) is 2.34. The number of nitrogens with zero attached hydrogens (tertiary/aromatic N) is 1. The highest BCUT2D eigenvalue weighted by Gasteiger charge is 2.23. The van der Waals surface area contributed by atoms with Gasteiger partial charge in [0.2, 0.25) is 5.91 Å². The molecule has 0 heterocycles. The lowest BCUT2D eigenvalue weighted by molar-refractivity contribution is -0.385. The quantitative estimate of drug-likeness (QED) is 0.631. The molecule has 0 radical (unpaired) electrons. The number of nitro groups is 1. The lowest BCUT2D eigenvalue weighted by Crippen LogP contribution is -2.37. The Kier molecular flexibility index (Phi) is 4.60. The zero-order chi connectivity index (χ0) is 14.6. The third-order valence-corrected chi connectivity index (χ3v) is 4.15. The molecule has 0 saturated carbocycles. The molecular weight excluding hydrogens is 272 g/mol. The van der Waals surface area contributed by atoms with Crippen LogP contribution >= 0.6 is 0 Å². The second kappa shape index (κ2) is 5.79. The summed E-state index contributed by atoms with van der Waals surface area (Å²) < 4.78 is 22.4. The predicted molar refractivity (Wildman–Crippen MR) is 69.2 cm³/mol. The van der Waals surface area contributed by atoms with Crippen molar-refractivity contribution < 1.29 is 18.1 Å². The number of nitrogens with one attached hydrogen (secondary N) is 1. The Morgan fingerprint density at radius 3 is 2.53 bits per heavy atom. The number of amides is 1. The van der Waals surface area contributed by atoms with Crippen molar-refractivity contribution in [2.75, 3.05) is 6.26 Å². The molecule has 8 heteroatoms. The summed E-state index contributed by atoms with van der Waals surface area (Å²) in [5, 5.41) is 11.9.